The van der Waals surface area contributed by atoms with E-state index in [1.807, 2.05) is 18.2 Å². The van der Waals surface area contributed by atoms with Crippen LogP contribution < -0.4 is 0 Å². The van der Waals surface area contributed by atoms with Gasteiger partial charge in [0.1, 0.15) is 0 Å². The van der Waals surface area contributed by atoms with Crippen LogP contribution in [0.2, 0.25) is 5.02 Å². The van der Waals surface area contributed by atoms with Crippen molar-refractivity contribution in [2.24, 2.45) is 5.92 Å². The molecule has 1 aromatic heterocycles. The molecule has 1 amide bonds. The molecule has 2 aromatic rings. The smallest absolute Gasteiger partial charge is 0.275 e. The summed E-state index contributed by atoms with van der Waals surface area (Å²) in [4.78, 5) is 14.2. The molecular formula is C17H21ClN4O2. The van der Waals surface area contributed by atoms with Crippen molar-refractivity contribution < 1.29 is 9.90 Å². The normalized spacial score (nSPS) is 20.8. The SMILES string of the molecule is CN(CC1CCCCC1O)C(=O)c1cn(-c2ccccc2Cl)nn1. The number of rotatable bonds is 4. The minimum absolute atomic E-state index is 0.131. The summed E-state index contributed by atoms with van der Waals surface area (Å²) in [6.07, 6.45) is 5.18. The lowest BCUT2D eigenvalue weighted by Crippen LogP contribution is -2.38. The first-order chi connectivity index (χ1) is 11.6. The van der Waals surface area contributed by atoms with Crippen LogP contribution in [0.15, 0.2) is 30.5 Å². The van der Waals surface area contributed by atoms with Gasteiger partial charge in [0.05, 0.1) is 23.0 Å². The summed E-state index contributed by atoms with van der Waals surface area (Å²) in [5.74, 6) is -0.0719. The summed E-state index contributed by atoms with van der Waals surface area (Å²) < 4.78 is 1.50. The molecule has 0 bridgehead atoms. The van der Waals surface area contributed by atoms with E-state index in [1.165, 1.54) is 4.68 Å². The molecule has 1 aliphatic rings. The van der Waals surface area contributed by atoms with Crippen LogP contribution in [-0.4, -0.2) is 50.6 Å². The Bertz CT molecular complexity index is 718. The van der Waals surface area contributed by atoms with Gasteiger partial charge in [-0.05, 0) is 25.0 Å². The molecule has 2 atom stereocenters. The molecule has 1 fully saturated rings. The number of carbonyl (C=O) groups is 1. The van der Waals surface area contributed by atoms with E-state index in [0.29, 0.717) is 17.3 Å². The fourth-order valence-electron chi connectivity index (χ4n) is 3.15. The van der Waals surface area contributed by atoms with Gasteiger partial charge in [-0.2, -0.15) is 0 Å². The van der Waals surface area contributed by atoms with Crippen LogP contribution in [-0.2, 0) is 0 Å². The van der Waals surface area contributed by atoms with E-state index in [9.17, 15) is 9.90 Å². The zero-order valence-electron chi connectivity index (χ0n) is 13.6. The number of hydrogen-bond acceptors (Lipinski definition) is 4. The third-order valence-electron chi connectivity index (χ3n) is 4.54. The lowest BCUT2D eigenvalue weighted by atomic mass is 9.86. The standard InChI is InChI=1S/C17H21ClN4O2/c1-21(10-12-6-2-5-9-16(12)23)17(24)14-11-22(20-19-14)15-8-4-3-7-13(15)18/h3-4,7-8,11-12,16,23H,2,5-6,9-10H2,1H3. The molecule has 1 aromatic carbocycles. The minimum Gasteiger partial charge on any atom is -0.393 e. The van der Waals surface area contributed by atoms with Gasteiger partial charge in [0.2, 0.25) is 0 Å². The Morgan fingerprint density at radius 2 is 2.12 bits per heavy atom. The molecule has 0 radical (unpaired) electrons. The lowest BCUT2D eigenvalue weighted by Gasteiger charge is -2.30. The zero-order chi connectivity index (χ0) is 17.1. The molecule has 7 heteroatoms. The molecule has 0 aliphatic heterocycles. The predicted molar refractivity (Wildman–Crippen MR) is 91.3 cm³/mol. The fourth-order valence-corrected chi connectivity index (χ4v) is 3.37. The van der Waals surface area contributed by atoms with Gasteiger partial charge in [-0.3, -0.25) is 4.79 Å². The molecule has 24 heavy (non-hydrogen) atoms. The number of carbonyl (C=O) groups excluding carboxylic acids is 1. The van der Waals surface area contributed by atoms with Crippen molar-refractivity contribution in [3.05, 3.63) is 41.2 Å². The van der Waals surface area contributed by atoms with Gasteiger partial charge >= 0.3 is 0 Å². The molecule has 1 heterocycles. The van der Waals surface area contributed by atoms with Crippen LogP contribution in [0.4, 0.5) is 0 Å². The Kier molecular flexibility index (Phi) is 5.16. The molecular weight excluding hydrogens is 328 g/mol. The molecule has 0 saturated heterocycles. The highest BCUT2D eigenvalue weighted by Crippen LogP contribution is 2.25. The van der Waals surface area contributed by atoms with Crippen LogP contribution >= 0.6 is 11.6 Å². The van der Waals surface area contributed by atoms with E-state index in [2.05, 4.69) is 10.3 Å². The minimum atomic E-state index is -0.326. The van der Waals surface area contributed by atoms with Gasteiger partial charge in [0, 0.05) is 19.5 Å². The Morgan fingerprint density at radius 3 is 2.88 bits per heavy atom. The van der Waals surface area contributed by atoms with Gasteiger partial charge in [-0.15, -0.1) is 5.10 Å². The van der Waals surface area contributed by atoms with Crippen molar-refractivity contribution in [3.8, 4) is 5.69 Å². The lowest BCUT2D eigenvalue weighted by molar-refractivity contribution is 0.0448. The van der Waals surface area contributed by atoms with Crippen LogP contribution in [0, 0.1) is 5.92 Å². The summed E-state index contributed by atoms with van der Waals surface area (Å²) in [5.41, 5.74) is 0.943. The second-order valence-corrected chi connectivity index (χ2v) is 6.70. The van der Waals surface area contributed by atoms with Crippen LogP contribution in [0.1, 0.15) is 36.2 Å². The van der Waals surface area contributed by atoms with Gasteiger partial charge in [-0.25, -0.2) is 4.68 Å². The third-order valence-corrected chi connectivity index (χ3v) is 4.86. The highest BCUT2D eigenvalue weighted by atomic mass is 35.5. The molecule has 6 nitrogen and oxygen atoms in total. The Balaban J connectivity index is 1.70. The summed E-state index contributed by atoms with van der Waals surface area (Å²) >= 11 is 6.14. The number of amides is 1. The maximum absolute atomic E-state index is 12.6. The number of hydrogen-bond donors (Lipinski definition) is 1. The third kappa shape index (κ3) is 3.60. The molecule has 128 valence electrons. The zero-order valence-corrected chi connectivity index (χ0v) is 14.4. The van der Waals surface area contributed by atoms with Gasteiger partial charge < -0.3 is 10.0 Å². The molecule has 3 rings (SSSR count). The second kappa shape index (κ2) is 7.32. The summed E-state index contributed by atoms with van der Waals surface area (Å²) in [6, 6.07) is 7.25. The number of nitrogens with zero attached hydrogens (tertiary/aromatic N) is 4. The van der Waals surface area contributed by atoms with E-state index in [1.54, 1.807) is 24.2 Å². The van der Waals surface area contributed by atoms with E-state index in [4.69, 9.17) is 11.6 Å². The van der Waals surface area contributed by atoms with Crippen molar-refractivity contribution >= 4 is 17.5 Å². The summed E-state index contributed by atoms with van der Waals surface area (Å²) in [5, 5.41) is 18.6. The molecule has 1 aliphatic carbocycles. The Hall–Kier alpha value is -1.92. The van der Waals surface area contributed by atoms with Crippen LogP contribution in [0.25, 0.3) is 5.69 Å². The number of halogens is 1. The fraction of sp³-hybridized carbons (Fsp3) is 0.471. The first kappa shape index (κ1) is 16.9. The molecule has 0 spiro atoms. The average molecular weight is 349 g/mol. The topological polar surface area (TPSA) is 71.2 Å². The van der Waals surface area contributed by atoms with Crippen molar-refractivity contribution in [2.75, 3.05) is 13.6 Å². The first-order valence-electron chi connectivity index (χ1n) is 8.17. The van der Waals surface area contributed by atoms with E-state index < -0.39 is 0 Å². The van der Waals surface area contributed by atoms with Crippen molar-refractivity contribution in [3.63, 3.8) is 0 Å². The quantitative estimate of drug-likeness (QED) is 0.921. The van der Waals surface area contributed by atoms with E-state index >= 15 is 0 Å². The monoisotopic (exact) mass is 348 g/mol. The molecule has 1 N–H and O–H groups in total. The number of aliphatic hydroxyl groups is 1. The Morgan fingerprint density at radius 1 is 1.38 bits per heavy atom. The number of benzene rings is 1. The predicted octanol–water partition coefficient (Wildman–Crippen LogP) is 2.54. The van der Waals surface area contributed by atoms with Gasteiger partial charge in [-0.1, -0.05) is 41.8 Å². The second-order valence-electron chi connectivity index (χ2n) is 6.30. The number of aliphatic hydroxyl groups excluding tert-OH is 1. The van der Waals surface area contributed by atoms with Gasteiger partial charge in [0.25, 0.3) is 5.91 Å². The highest BCUT2D eigenvalue weighted by Gasteiger charge is 2.26. The first-order valence-corrected chi connectivity index (χ1v) is 8.55. The maximum Gasteiger partial charge on any atom is 0.275 e. The number of para-hydroxylation sites is 1. The van der Waals surface area contributed by atoms with Gasteiger partial charge in [0.15, 0.2) is 5.69 Å². The van der Waals surface area contributed by atoms with Crippen LogP contribution in [0.5, 0.6) is 0 Å². The molecule has 2 unspecified atom stereocenters. The van der Waals surface area contributed by atoms with Crippen LogP contribution in [0.3, 0.4) is 0 Å². The highest BCUT2D eigenvalue weighted by molar-refractivity contribution is 6.32. The summed E-state index contributed by atoms with van der Waals surface area (Å²) in [7, 11) is 1.73. The maximum atomic E-state index is 12.6. The van der Waals surface area contributed by atoms with Crippen molar-refractivity contribution in [1.82, 2.24) is 19.9 Å². The molecule has 1 saturated carbocycles. The summed E-state index contributed by atoms with van der Waals surface area (Å²) in [6.45, 7) is 0.527. The van der Waals surface area contributed by atoms with E-state index in [-0.39, 0.29) is 23.6 Å². The van der Waals surface area contributed by atoms with E-state index in [0.717, 1.165) is 25.7 Å². The Labute approximate surface area is 146 Å². The number of aromatic nitrogens is 3. The largest absolute Gasteiger partial charge is 0.393 e. The average Bonchev–Trinajstić information content (AvgIpc) is 3.06. The van der Waals surface area contributed by atoms with Crippen molar-refractivity contribution in [2.45, 2.75) is 31.8 Å². The van der Waals surface area contributed by atoms with Crippen molar-refractivity contribution in [1.29, 1.82) is 0 Å².